The highest BCUT2D eigenvalue weighted by molar-refractivity contribution is 5.95. The Hall–Kier alpha value is -1.50. The van der Waals surface area contributed by atoms with E-state index in [1.54, 1.807) is 25.3 Å². The summed E-state index contributed by atoms with van der Waals surface area (Å²) in [4.78, 5) is 15.8. The van der Waals surface area contributed by atoms with Crippen molar-refractivity contribution in [2.75, 3.05) is 19.8 Å². The van der Waals surface area contributed by atoms with Crippen LogP contribution in [0.2, 0.25) is 0 Å². The molecule has 1 rings (SSSR count). The summed E-state index contributed by atoms with van der Waals surface area (Å²) < 4.78 is 0. The van der Waals surface area contributed by atoms with E-state index in [0.717, 1.165) is 0 Å². The summed E-state index contributed by atoms with van der Waals surface area (Å²) in [6.07, 6.45) is 1.56. The van der Waals surface area contributed by atoms with Crippen molar-refractivity contribution in [1.82, 2.24) is 10.3 Å². The third-order valence-electron chi connectivity index (χ3n) is 2.54. The van der Waals surface area contributed by atoms with Crippen LogP contribution in [-0.2, 0) is 0 Å². The lowest BCUT2D eigenvalue weighted by Crippen LogP contribution is -2.57. The molecule has 0 radical (unpaired) electrons. The number of nitrogens with one attached hydrogen (secondary N) is 1. The second kappa shape index (κ2) is 5.72. The van der Waals surface area contributed by atoms with Gasteiger partial charge in [-0.05, 0) is 19.1 Å². The summed E-state index contributed by atoms with van der Waals surface area (Å²) in [6.45, 7) is 0.0224. The first-order chi connectivity index (χ1) is 8.08. The Morgan fingerprint density at radius 3 is 2.41 bits per heavy atom. The molecule has 0 bridgehead atoms. The van der Waals surface area contributed by atoms with Crippen LogP contribution in [0.1, 0.15) is 16.1 Å². The van der Waals surface area contributed by atoms with Crippen LogP contribution in [0.5, 0.6) is 0 Å². The van der Waals surface area contributed by atoms with Crippen molar-refractivity contribution in [1.29, 1.82) is 0 Å². The average molecular weight is 240 g/mol. The van der Waals surface area contributed by atoms with Crippen LogP contribution in [0, 0.1) is 6.92 Å². The van der Waals surface area contributed by atoms with Gasteiger partial charge in [0.2, 0.25) is 0 Å². The van der Waals surface area contributed by atoms with Crippen LogP contribution in [0.15, 0.2) is 18.3 Å². The molecule has 94 valence electrons. The Morgan fingerprint density at radius 1 is 1.35 bits per heavy atom. The number of hydrogen-bond donors (Lipinski definition) is 4. The molecule has 0 unspecified atom stereocenters. The lowest BCUT2D eigenvalue weighted by atomic mass is 10.0. The summed E-state index contributed by atoms with van der Waals surface area (Å²) in [6, 6.07) is 3.19. The number of carbonyl (C=O) groups is 1. The Morgan fingerprint density at radius 2 is 1.94 bits per heavy atom. The molecule has 17 heavy (non-hydrogen) atoms. The fourth-order valence-electron chi connectivity index (χ4n) is 1.30. The van der Waals surface area contributed by atoms with Crippen molar-refractivity contribution in [2.45, 2.75) is 12.5 Å². The molecule has 4 N–H and O–H groups in total. The molecule has 1 aromatic heterocycles. The van der Waals surface area contributed by atoms with E-state index < -0.39 is 31.3 Å². The van der Waals surface area contributed by atoms with E-state index in [2.05, 4.69) is 10.3 Å². The number of pyridine rings is 1. The van der Waals surface area contributed by atoms with Gasteiger partial charge in [0.15, 0.2) is 0 Å². The Balaban J connectivity index is 2.89. The van der Waals surface area contributed by atoms with Crippen LogP contribution < -0.4 is 5.32 Å². The van der Waals surface area contributed by atoms with Crippen molar-refractivity contribution in [3.05, 3.63) is 29.6 Å². The molecule has 0 aliphatic heterocycles. The molecule has 1 aromatic rings. The van der Waals surface area contributed by atoms with Gasteiger partial charge in [0.1, 0.15) is 5.54 Å². The SMILES string of the molecule is Cc1ncccc1C(=O)NC(CO)(CO)CO. The highest BCUT2D eigenvalue weighted by Crippen LogP contribution is 2.08. The number of aryl methyl sites for hydroxylation is 1. The summed E-state index contributed by atoms with van der Waals surface area (Å²) in [7, 11) is 0. The highest BCUT2D eigenvalue weighted by Gasteiger charge is 2.30. The third-order valence-corrected chi connectivity index (χ3v) is 2.54. The van der Waals surface area contributed by atoms with Crippen LogP contribution in [-0.4, -0.2) is 51.6 Å². The standard InChI is InChI=1S/C11H16N2O4/c1-8-9(3-2-4-12-8)10(17)13-11(5-14,6-15)7-16/h2-4,14-16H,5-7H2,1H3,(H,13,17). The van der Waals surface area contributed by atoms with Gasteiger partial charge in [0.25, 0.3) is 5.91 Å². The van der Waals surface area contributed by atoms with Gasteiger partial charge < -0.3 is 20.6 Å². The fraction of sp³-hybridized carbons (Fsp3) is 0.455. The second-order valence-electron chi connectivity index (χ2n) is 3.85. The maximum Gasteiger partial charge on any atom is 0.253 e. The Kier molecular flexibility index (Phi) is 4.56. The molecular formula is C11H16N2O4. The third kappa shape index (κ3) is 3.00. The topological polar surface area (TPSA) is 103 Å². The van der Waals surface area contributed by atoms with Gasteiger partial charge in [0.05, 0.1) is 25.4 Å². The van der Waals surface area contributed by atoms with E-state index in [1.165, 1.54) is 0 Å². The molecule has 0 saturated carbocycles. The molecule has 0 fully saturated rings. The average Bonchev–Trinajstić information content (AvgIpc) is 2.36. The maximum atomic E-state index is 11.9. The smallest absolute Gasteiger partial charge is 0.253 e. The molecule has 1 heterocycles. The molecule has 6 nitrogen and oxygen atoms in total. The number of aliphatic hydroxyl groups excluding tert-OH is 3. The Labute approximate surface area is 98.9 Å². The number of carbonyl (C=O) groups excluding carboxylic acids is 1. The zero-order chi connectivity index (χ0) is 12.9. The molecule has 0 aliphatic rings. The summed E-state index contributed by atoms with van der Waals surface area (Å²) in [5.41, 5.74) is -0.542. The van der Waals surface area contributed by atoms with Gasteiger partial charge in [-0.15, -0.1) is 0 Å². The van der Waals surface area contributed by atoms with Crippen LogP contribution in [0.4, 0.5) is 0 Å². The number of amides is 1. The Bertz CT molecular complexity index is 383. The first-order valence-electron chi connectivity index (χ1n) is 5.15. The van der Waals surface area contributed by atoms with Crippen molar-refractivity contribution in [2.24, 2.45) is 0 Å². The molecule has 0 atom stereocenters. The van der Waals surface area contributed by atoms with Crippen LogP contribution in [0.25, 0.3) is 0 Å². The highest BCUT2D eigenvalue weighted by atomic mass is 16.3. The van der Waals surface area contributed by atoms with Gasteiger partial charge in [-0.1, -0.05) is 0 Å². The van der Waals surface area contributed by atoms with Crippen molar-refractivity contribution in [3.8, 4) is 0 Å². The predicted molar refractivity (Wildman–Crippen MR) is 60.4 cm³/mol. The lowest BCUT2D eigenvalue weighted by molar-refractivity contribution is 0.0375. The molecule has 0 aliphatic carbocycles. The minimum absolute atomic E-state index is 0.340. The predicted octanol–water partition coefficient (Wildman–Crippen LogP) is -1.16. The quantitative estimate of drug-likeness (QED) is 0.519. The van der Waals surface area contributed by atoms with Gasteiger partial charge in [-0.3, -0.25) is 9.78 Å². The summed E-state index contributed by atoms with van der Waals surface area (Å²) in [5, 5.41) is 29.7. The van der Waals surface area contributed by atoms with Crippen LogP contribution in [0.3, 0.4) is 0 Å². The second-order valence-corrected chi connectivity index (χ2v) is 3.85. The van der Waals surface area contributed by atoms with Crippen molar-refractivity contribution >= 4 is 5.91 Å². The molecule has 0 spiro atoms. The summed E-state index contributed by atoms with van der Waals surface area (Å²) >= 11 is 0. The largest absolute Gasteiger partial charge is 0.394 e. The zero-order valence-corrected chi connectivity index (χ0v) is 9.55. The van der Waals surface area contributed by atoms with Gasteiger partial charge >= 0.3 is 0 Å². The molecule has 6 heteroatoms. The fourth-order valence-corrected chi connectivity index (χ4v) is 1.30. The molecule has 1 amide bonds. The minimum atomic E-state index is -1.42. The minimum Gasteiger partial charge on any atom is -0.394 e. The molecule has 0 saturated heterocycles. The number of aliphatic hydroxyl groups is 3. The maximum absolute atomic E-state index is 11.9. The van der Waals surface area contributed by atoms with E-state index in [-0.39, 0.29) is 0 Å². The van der Waals surface area contributed by atoms with Gasteiger partial charge in [0, 0.05) is 11.9 Å². The number of hydrogen-bond acceptors (Lipinski definition) is 5. The first kappa shape index (κ1) is 13.6. The molecule has 0 aromatic carbocycles. The number of rotatable bonds is 5. The van der Waals surface area contributed by atoms with E-state index >= 15 is 0 Å². The number of aromatic nitrogens is 1. The number of nitrogens with zero attached hydrogens (tertiary/aromatic N) is 1. The zero-order valence-electron chi connectivity index (χ0n) is 9.55. The van der Waals surface area contributed by atoms with E-state index in [0.29, 0.717) is 11.3 Å². The summed E-state index contributed by atoms with van der Waals surface area (Å²) in [5.74, 6) is -0.493. The first-order valence-corrected chi connectivity index (χ1v) is 5.15. The van der Waals surface area contributed by atoms with Gasteiger partial charge in [-0.25, -0.2) is 0 Å². The molecular weight excluding hydrogens is 224 g/mol. The van der Waals surface area contributed by atoms with E-state index in [1.807, 2.05) is 0 Å². The monoisotopic (exact) mass is 240 g/mol. The van der Waals surface area contributed by atoms with Crippen molar-refractivity contribution < 1.29 is 20.1 Å². The van der Waals surface area contributed by atoms with Crippen LogP contribution >= 0.6 is 0 Å². The van der Waals surface area contributed by atoms with Crippen molar-refractivity contribution in [3.63, 3.8) is 0 Å². The van der Waals surface area contributed by atoms with Gasteiger partial charge in [-0.2, -0.15) is 0 Å². The lowest BCUT2D eigenvalue weighted by Gasteiger charge is -2.28. The normalized spacial score (nSPS) is 11.3. The van der Waals surface area contributed by atoms with E-state index in [9.17, 15) is 4.79 Å². The van der Waals surface area contributed by atoms with E-state index in [4.69, 9.17) is 15.3 Å².